The van der Waals surface area contributed by atoms with Gasteiger partial charge in [0.1, 0.15) is 0 Å². The van der Waals surface area contributed by atoms with Crippen LogP contribution in [0.5, 0.6) is 0 Å². The van der Waals surface area contributed by atoms with Crippen molar-refractivity contribution in [2.75, 3.05) is 13.1 Å². The number of aryl methyl sites for hydroxylation is 1. The molecule has 1 aliphatic heterocycles. The standard InChI is InChI=1S/C9H15N3O/c1-7-11-12-8(13-7)9(2)4-3-5-10-6-9/h10H,3-6H2,1-2H3/t9-/m1/s1. The zero-order chi connectivity index (χ0) is 9.31. The lowest BCUT2D eigenvalue weighted by Gasteiger charge is -2.30. The first-order valence-electron chi connectivity index (χ1n) is 4.72. The van der Waals surface area contributed by atoms with Crippen molar-refractivity contribution in [2.24, 2.45) is 0 Å². The van der Waals surface area contributed by atoms with Crippen LogP contribution >= 0.6 is 0 Å². The Morgan fingerprint density at radius 1 is 1.46 bits per heavy atom. The van der Waals surface area contributed by atoms with E-state index in [4.69, 9.17) is 4.42 Å². The monoisotopic (exact) mass is 181 g/mol. The third kappa shape index (κ3) is 1.58. The summed E-state index contributed by atoms with van der Waals surface area (Å²) in [5.74, 6) is 1.43. The van der Waals surface area contributed by atoms with Gasteiger partial charge in [0.2, 0.25) is 11.8 Å². The number of nitrogens with zero attached hydrogens (tertiary/aromatic N) is 2. The lowest BCUT2D eigenvalue weighted by atomic mass is 9.83. The Kier molecular flexibility index (Phi) is 2.07. The van der Waals surface area contributed by atoms with Gasteiger partial charge in [-0.2, -0.15) is 0 Å². The molecule has 1 aliphatic rings. The topological polar surface area (TPSA) is 51.0 Å². The fourth-order valence-corrected chi connectivity index (χ4v) is 1.78. The average molecular weight is 181 g/mol. The van der Waals surface area contributed by atoms with Gasteiger partial charge < -0.3 is 9.73 Å². The molecule has 0 aliphatic carbocycles. The molecule has 4 heteroatoms. The molecule has 72 valence electrons. The second kappa shape index (κ2) is 3.10. The molecule has 0 radical (unpaired) electrons. The summed E-state index contributed by atoms with van der Waals surface area (Å²) < 4.78 is 5.46. The molecule has 0 saturated carbocycles. The third-order valence-electron chi connectivity index (χ3n) is 2.64. The summed E-state index contributed by atoms with van der Waals surface area (Å²) >= 11 is 0. The molecule has 0 amide bonds. The molecule has 0 spiro atoms. The van der Waals surface area contributed by atoms with Gasteiger partial charge in [0.25, 0.3) is 0 Å². The van der Waals surface area contributed by atoms with Crippen molar-refractivity contribution in [3.8, 4) is 0 Å². The van der Waals surface area contributed by atoms with E-state index in [0.29, 0.717) is 5.89 Å². The number of piperidine rings is 1. The van der Waals surface area contributed by atoms with E-state index in [9.17, 15) is 0 Å². The Balaban J connectivity index is 2.22. The van der Waals surface area contributed by atoms with E-state index in [-0.39, 0.29) is 5.41 Å². The highest BCUT2D eigenvalue weighted by Crippen LogP contribution is 2.29. The van der Waals surface area contributed by atoms with Gasteiger partial charge in [0.15, 0.2) is 0 Å². The van der Waals surface area contributed by atoms with E-state index in [1.807, 2.05) is 6.92 Å². The van der Waals surface area contributed by atoms with E-state index < -0.39 is 0 Å². The van der Waals surface area contributed by atoms with Crippen molar-refractivity contribution in [3.05, 3.63) is 11.8 Å². The fourth-order valence-electron chi connectivity index (χ4n) is 1.78. The van der Waals surface area contributed by atoms with Crippen LogP contribution in [0, 0.1) is 6.92 Å². The average Bonchev–Trinajstić information content (AvgIpc) is 2.54. The fraction of sp³-hybridized carbons (Fsp3) is 0.778. The first-order chi connectivity index (χ1) is 6.21. The first kappa shape index (κ1) is 8.69. The van der Waals surface area contributed by atoms with Gasteiger partial charge in [0, 0.05) is 13.5 Å². The summed E-state index contributed by atoms with van der Waals surface area (Å²) in [6.45, 7) is 6.04. The lowest BCUT2D eigenvalue weighted by Crippen LogP contribution is -2.41. The van der Waals surface area contributed by atoms with Crippen LogP contribution in [-0.2, 0) is 5.41 Å². The molecule has 2 heterocycles. The maximum atomic E-state index is 5.46. The molecule has 1 atom stereocenters. The van der Waals surface area contributed by atoms with Crippen LogP contribution in [0.1, 0.15) is 31.5 Å². The van der Waals surface area contributed by atoms with Gasteiger partial charge in [-0.25, -0.2) is 0 Å². The van der Waals surface area contributed by atoms with Gasteiger partial charge in [0.05, 0.1) is 5.41 Å². The number of nitrogens with one attached hydrogen (secondary N) is 1. The first-order valence-corrected chi connectivity index (χ1v) is 4.72. The zero-order valence-corrected chi connectivity index (χ0v) is 8.13. The van der Waals surface area contributed by atoms with Crippen molar-refractivity contribution in [3.63, 3.8) is 0 Å². The second-order valence-corrected chi connectivity index (χ2v) is 3.97. The summed E-state index contributed by atoms with van der Waals surface area (Å²) in [6, 6.07) is 0. The van der Waals surface area contributed by atoms with Crippen LogP contribution in [0.3, 0.4) is 0 Å². The molecule has 1 aromatic heterocycles. The van der Waals surface area contributed by atoms with Crippen LogP contribution in [0.2, 0.25) is 0 Å². The molecule has 0 bridgehead atoms. The normalized spacial score (nSPS) is 29.1. The van der Waals surface area contributed by atoms with Crippen molar-refractivity contribution < 1.29 is 4.42 Å². The number of hydrogen-bond acceptors (Lipinski definition) is 4. The van der Waals surface area contributed by atoms with E-state index in [1.165, 1.54) is 6.42 Å². The molecular weight excluding hydrogens is 166 g/mol. The Morgan fingerprint density at radius 2 is 2.31 bits per heavy atom. The van der Waals surface area contributed by atoms with Gasteiger partial charge >= 0.3 is 0 Å². The van der Waals surface area contributed by atoms with Crippen molar-refractivity contribution in [1.82, 2.24) is 15.5 Å². The molecule has 2 rings (SSSR count). The maximum Gasteiger partial charge on any atom is 0.223 e. The third-order valence-corrected chi connectivity index (χ3v) is 2.64. The highest BCUT2D eigenvalue weighted by Gasteiger charge is 2.33. The number of aromatic nitrogens is 2. The molecule has 13 heavy (non-hydrogen) atoms. The van der Waals surface area contributed by atoms with E-state index in [1.54, 1.807) is 0 Å². The Hall–Kier alpha value is -0.900. The summed E-state index contributed by atoms with van der Waals surface area (Å²) in [5.41, 5.74) is 0.0412. The van der Waals surface area contributed by atoms with Gasteiger partial charge in [-0.3, -0.25) is 0 Å². The van der Waals surface area contributed by atoms with Gasteiger partial charge in [-0.05, 0) is 26.3 Å². The minimum absolute atomic E-state index is 0.0412. The minimum Gasteiger partial charge on any atom is -0.425 e. The van der Waals surface area contributed by atoms with Crippen LogP contribution in [0.25, 0.3) is 0 Å². The molecular formula is C9H15N3O. The Bertz CT molecular complexity index is 289. The number of rotatable bonds is 1. The molecule has 1 aromatic rings. The van der Waals surface area contributed by atoms with Crippen LogP contribution in [0.4, 0.5) is 0 Å². The Morgan fingerprint density at radius 3 is 2.85 bits per heavy atom. The summed E-state index contributed by atoms with van der Waals surface area (Å²) in [4.78, 5) is 0. The largest absolute Gasteiger partial charge is 0.425 e. The second-order valence-electron chi connectivity index (χ2n) is 3.97. The molecule has 1 fully saturated rings. The van der Waals surface area contributed by atoms with Crippen LogP contribution in [0.15, 0.2) is 4.42 Å². The highest BCUT2D eigenvalue weighted by molar-refractivity contribution is 5.04. The Labute approximate surface area is 77.7 Å². The van der Waals surface area contributed by atoms with Gasteiger partial charge in [-0.15, -0.1) is 10.2 Å². The number of hydrogen-bond donors (Lipinski definition) is 1. The predicted molar refractivity (Wildman–Crippen MR) is 48.5 cm³/mol. The minimum atomic E-state index is 0.0412. The molecule has 0 unspecified atom stereocenters. The molecule has 1 N–H and O–H groups in total. The molecule has 1 saturated heterocycles. The summed E-state index contributed by atoms with van der Waals surface area (Å²) in [6.07, 6.45) is 2.31. The lowest BCUT2D eigenvalue weighted by molar-refractivity contribution is 0.269. The van der Waals surface area contributed by atoms with Crippen LogP contribution in [-0.4, -0.2) is 23.3 Å². The van der Waals surface area contributed by atoms with E-state index in [0.717, 1.165) is 25.4 Å². The summed E-state index contributed by atoms with van der Waals surface area (Å²) in [5, 5.41) is 11.3. The maximum absolute atomic E-state index is 5.46. The summed E-state index contributed by atoms with van der Waals surface area (Å²) in [7, 11) is 0. The van der Waals surface area contributed by atoms with Gasteiger partial charge in [-0.1, -0.05) is 0 Å². The van der Waals surface area contributed by atoms with Crippen molar-refractivity contribution in [1.29, 1.82) is 0 Å². The van der Waals surface area contributed by atoms with E-state index in [2.05, 4.69) is 22.4 Å². The smallest absolute Gasteiger partial charge is 0.223 e. The quantitative estimate of drug-likeness (QED) is 0.702. The van der Waals surface area contributed by atoms with Crippen molar-refractivity contribution >= 4 is 0 Å². The highest BCUT2D eigenvalue weighted by atomic mass is 16.4. The molecule has 0 aromatic carbocycles. The van der Waals surface area contributed by atoms with Crippen LogP contribution < -0.4 is 5.32 Å². The van der Waals surface area contributed by atoms with Crippen molar-refractivity contribution in [2.45, 2.75) is 32.1 Å². The zero-order valence-electron chi connectivity index (χ0n) is 8.13. The molecule has 4 nitrogen and oxygen atoms in total. The predicted octanol–water partition coefficient (Wildman–Crippen LogP) is 1.02. The SMILES string of the molecule is Cc1nnc([C@]2(C)CCCNC2)o1. The van der Waals surface area contributed by atoms with E-state index >= 15 is 0 Å².